The first-order valence-corrected chi connectivity index (χ1v) is 12.7. The Bertz CT molecular complexity index is 1020. The van der Waals surface area contributed by atoms with Gasteiger partial charge in [0.25, 0.3) is 5.91 Å². The van der Waals surface area contributed by atoms with Crippen LogP contribution in [0, 0.1) is 0 Å². The van der Waals surface area contributed by atoms with Gasteiger partial charge in [-0.25, -0.2) is 0 Å². The maximum absolute atomic E-state index is 12.5. The number of carbonyl (C=O) groups excluding carboxylic acids is 1. The van der Waals surface area contributed by atoms with Crippen molar-refractivity contribution < 1.29 is 4.79 Å². The van der Waals surface area contributed by atoms with Gasteiger partial charge >= 0.3 is 0 Å². The molecule has 1 N–H and O–H groups in total. The standard InChI is InChI=1S/C24H29N3OS.C2H6/c1-4-18-20(25-2)11-8-14-27-21-15-17(24(28)26-29-3)12-13-19(21)22(23(18)27)16-9-6-5-7-10-16;1-2/h4,8,11-13,15-16H,5-7,9-10,14H2,1-3H3,(H,26,28);1-2H3/b18-4+,25-20?;. The van der Waals surface area contributed by atoms with E-state index in [4.69, 9.17) is 0 Å². The topological polar surface area (TPSA) is 46.4 Å². The molecular formula is C26H35N3OS. The highest BCUT2D eigenvalue weighted by Crippen LogP contribution is 2.43. The van der Waals surface area contributed by atoms with E-state index in [1.807, 2.05) is 33.2 Å². The summed E-state index contributed by atoms with van der Waals surface area (Å²) in [4.78, 5) is 17.0. The molecule has 0 radical (unpaired) electrons. The molecule has 0 atom stereocenters. The van der Waals surface area contributed by atoms with E-state index in [2.05, 4.69) is 51.6 Å². The SMILES string of the molecule is C/C=C1\C(=NC)C=CCn2c1c(C1CCCCC1)c1ccc(C(=O)NSC)cc12.CC. The van der Waals surface area contributed by atoms with Crippen molar-refractivity contribution in [2.75, 3.05) is 13.3 Å². The molecule has 4 nitrogen and oxygen atoms in total. The maximum Gasteiger partial charge on any atom is 0.261 e. The molecule has 2 aliphatic rings. The van der Waals surface area contributed by atoms with Crippen LogP contribution in [0.4, 0.5) is 0 Å². The normalized spacial score (nSPS) is 19.1. The average molecular weight is 438 g/mol. The van der Waals surface area contributed by atoms with Gasteiger partial charge in [-0.1, -0.05) is 63.3 Å². The molecule has 2 heterocycles. The summed E-state index contributed by atoms with van der Waals surface area (Å²) in [6.45, 7) is 6.90. The molecule has 4 rings (SSSR count). The number of aromatic nitrogens is 1. The number of benzene rings is 1. The van der Waals surface area contributed by atoms with Crippen LogP contribution in [0.15, 0.2) is 41.4 Å². The van der Waals surface area contributed by atoms with Crippen LogP contribution in [0.2, 0.25) is 0 Å². The van der Waals surface area contributed by atoms with Crippen LogP contribution in [0.1, 0.15) is 80.4 Å². The Morgan fingerprint density at radius 3 is 2.61 bits per heavy atom. The lowest BCUT2D eigenvalue weighted by molar-refractivity contribution is 0.0984. The Morgan fingerprint density at radius 1 is 1.23 bits per heavy atom. The monoisotopic (exact) mass is 437 g/mol. The molecule has 1 fully saturated rings. The molecule has 5 heteroatoms. The third kappa shape index (κ3) is 4.52. The van der Waals surface area contributed by atoms with Gasteiger partial charge in [0.1, 0.15) is 0 Å². The van der Waals surface area contributed by atoms with Gasteiger partial charge in [-0.15, -0.1) is 0 Å². The Labute approximate surface area is 191 Å². The third-order valence-electron chi connectivity index (χ3n) is 6.20. The highest BCUT2D eigenvalue weighted by molar-refractivity contribution is 7.97. The lowest BCUT2D eigenvalue weighted by atomic mass is 9.81. The van der Waals surface area contributed by atoms with Gasteiger partial charge in [-0.2, -0.15) is 0 Å². The van der Waals surface area contributed by atoms with E-state index >= 15 is 0 Å². The Hall–Kier alpha value is -2.27. The summed E-state index contributed by atoms with van der Waals surface area (Å²) in [5.41, 5.74) is 6.84. The lowest BCUT2D eigenvalue weighted by Gasteiger charge is -2.24. The first-order chi connectivity index (χ1) is 15.2. The quantitative estimate of drug-likeness (QED) is 0.539. The predicted octanol–water partition coefficient (Wildman–Crippen LogP) is 6.77. The van der Waals surface area contributed by atoms with Crippen LogP contribution in [-0.2, 0) is 6.54 Å². The van der Waals surface area contributed by atoms with Crippen LogP contribution in [0.5, 0.6) is 0 Å². The van der Waals surface area contributed by atoms with Crippen LogP contribution in [0.25, 0.3) is 16.5 Å². The summed E-state index contributed by atoms with van der Waals surface area (Å²) in [6.07, 6.45) is 14.8. The molecule has 0 saturated heterocycles. The summed E-state index contributed by atoms with van der Waals surface area (Å²) in [5.74, 6) is 0.528. The number of allylic oxidation sites excluding steroid dienone is 4. The number of rotatable bonds is 3. The Kier molecular flexibility index (Phi) is 8.19. The lowest BCUT2D eigenvalue weighted by Crippen LogP contribution is -2.15. The zero-order chi connectivity index (χ0) is 22.4. The zero-order valence-electron chi connectivity index (χ0n) is 19.5. The van der Waals surface area contributed by atoms with E-state index in [-0.39, 0.29) is 5.91 Å². The minimum absolute atomic E-state index is 0.0413. The molecule has 0 bridgehead atoms. The summed E-state index contributed by atoms with van der Waals surface area (Å²) < 4.78 is 5.24. The number of nitrogens with zero attached hydrogens (tertiary/aromatic N) is 2. The van der Waals surface area contributed by atoms with Crippen molar-refractivity contribution in [1.29, 1.82) is 0 Å². The number of carbonyl (C=O) groups is 1. The zero-order valence-corrected chi connectivity index (χ0v) is 20.3. The van der Waals surface area contributed by atoms with Gasteiger partial charge in [0, 0.05) is 41.9 Å². The molecule has 1 saturated carbocycles. The molecule has 1 amide bonds. The van der Waals surface area contributed by atoms with Crippen molar-refractivity contribution in [1.82, 2.24) is 9.29 Å². The minimum Gasteiger partial charge on any atom is -0.336 e. The summed E-state index contributed by atoms with van der Waals surface area (Å²) in [7, 11) is 1.87. The van der Waals surface area contributed by atoms with Gasteiger partial charge in [-0.3, -0.25) is 14.5 Å². The fourth-order valence-corrected chi connectivity index (χ4v) is 5.22. The van der Waals surface area contributed by atoms with Crippen molar-refractivity contribution in [2.24, 2.45) is 4.99 Å². The van der Waals surface area contributed by atoms with Crippen molar-refractivity contribution in [3.05, 3.63) is 53.2 Å². The molecule has 1 aromatic carbocycles. The highest BCUT2D eigenvalue weighted by Gasteiger charge is 2.29. The van der Waals surface area contributed by atoms with Crippen molar-refractivity contribution in [3.8, 4) is 0 Å². The van der Waals surface area contributed by atoms with E-state index in [9.17, 15) is 4.79 Å². The fourth-order valence-electron chi connectivity index (χ4n) is 4.91. The second kappa shape index (κ2) is 10.9. The number of nitrogens with one attached hydrogen (secondary N) is 1. The van der Waals surface area contributed by atoms with Gasteiger partial charge in [0.2, 0.25) is 0 Å². The summed E-state index contributed by atoms with van der Waals surface area (Å²) in [5, 5.41) is 1.29. The Morgan fingerprint density at radius 2 is 1.97 bits per heavy atom. The average Bonchev–Trinajstić information content (AvgIpc) is 3.01. The molecule has 1 aromatic heterocycles. The molecule has 0 spiro atoms. The molecule has 31 heavy (non-hydrogen) atoms. The van der Waals surface area contributed by atoms with E-state index < -0.39 is 0 Å². The van der Waals surface area contributed by atoms with Crippen LogP contribution in [0.3, 0.4) is 0 Å². The first kappa shape index (κ1) is 23.4. The molecule has 0 unspecified atom stereocenters. The molecule has 2 aromatic rings. The predicted molar refractivity (Wildman–Crippen MR) is 136 cm³/mol. The van der Waals surface area contributed by atoms with E-state index in [1.165, 1.54) is 66.3 Å². The number of hydrogen-bond acceptors (Lipinski definition) is 3. The highest BCUT2D eigenvalue weighted by atomic mass is 32.2. The largest absolute Gasteiger partial charge is 0.336 e. The number of amides is 1. The third-order valence-corrected chi connectivity index (χ3v) is 6.59. The van der Waals surface area contributed by atoms with Gasteiger partial charge in [0.15, 0.2) is 0 Å². The van der Waals surface area contributed by atoms with Crippen molar-refractivity contribution >= 4 is 40.0 Å². The molecule has 1 aliphatic heterocycles. The molecular weight excluding hydrogens is 402 g/mol. The maximum atomic E-state index is 12.5. The Balaban J connectivity index is 0.00000132. The summed E-state index contributed by atoms with van der Waals surface area (Å²) in [6, 6.07) is 6.20. The van der Waals surface area contributed by atoms with Crippen LogP contribution < -0.4 is 4.72 Å². The first-order valence-electron chi connectivity index (χ1n) is 11.5. The van der Waals surface area contributed by atoms with Crippen molar-refractivity contribution in [2.45, 2.75) is 65.3 Å². The fraction of sp³-hybridized carbons (Fsp3) is 0.462. The van der Waals surface area contributed by atoms with Crippen LogP contribution >= 0.6 is 11.9 Å². The van der Waals surface area contributed by atoms with Crippen molar-refractivity contribution in [3.63, 3.8) is 0 Å². The van der Waals surface area contributed by atoms with Crippen LogP contribution in [-0.4, -0.2) is 29.5 Å². The summed E-state index contributed by atoms with van der Waals surface area (Å²) >= 11 is 1.33. The smallest absolute Gasteiger partial charge is 0.261 e. The number of fused-ring (bicyclic) bond motifs is 3. The molecule has 166 valence electrons. The molecule has 1 aliphatic carbocycles. The second-order valence-electron chi connectivity index (χ2n) is 7.79. The van der Waals surface area contributed by atoms with E-state index in [1.54, 1.807) is 0 Å². The van der Waals surface area contributed by atoms with E-state index in [0.29, 0.717) is 11.5 Å². The number of hydrogen-bond donors (Lipinski definition) is 1. The van der Waals surface area contributed by atoms with Gasteiger partial charge in [0.05, 0.1) is 11.4 Å². The minimum atomic E-state index is -0.0413. The van der Waals surface area contributed by atoms with Gasteiger partial charge < -0.3 is 4.57 Å². The number of aliphatic imine (C=N–C) groups is 1. The van der Waals surface area contributed by atoms with Gasteiger partial charge in [-0.05, 0) is 49.5 Å². The second-order valence-corrected chi connectivity index (χ2v) is 8.40. The van der Waals surface area contributed by atoms with E-state index in [0.717, 1.165) is 17.8 Å².